The van der Waals surface area contributed by atoms with E-state index in [-0.39, 0.29) is 18.1 Å². The Labute approximate surface area is 104 Å². The van der Waals surface area contributed by atoms with Gasteiger partial charge in [-0.15, -0.1) is 0 Å². The fourth-order valence-corrected chi connectivity index (χ4v) is 1.47. The van der Waals surface area contributed by atoms with E-state index in [1.807, 2.05) is 13.8 Å². The molecule has 0 saturated carbocycles. The molecular weight excluding hydrogens is 234 g/mol. The second kappa shape index (κ2) is 4.52. The highest BCUT2D eigenvalue weighted by atomic mass is 16.4. The predicted molar refractivity (Wildman–Crippen MR) is 64.9 cm³/mol. The van der Waals surface area contributed by atoms with Crippen LogP contribution in [0.25, 0.3) is 0 Å². The Morgan fingerprint density at radius 3 is 2.67 bits per heavy atom. The monoisotopic (exact) mass is 249 g/mol. The Morgan fingerprint density at radius 1 is 1.44 bits per heavy atom. The predicted octanol–water partition coefficient (Wildman–Crippen LogP) is 0.835. The van der Waals surface area contributed by atoms with Crippen molar-refractivity contribution in [3.8, 4) is 0 Å². The molecule has 7 heteroatoms. The van der Waals surface area contributed by atoms with E-state index < -0.39 is 0 Å². The average Bonchev–Trinajstić information content (AvgIpc) is 2.82. The van der Waals surface area contributed by atoms with Crippen molar-refractivity contribution in [1.29, 1.82) is 0 Å². The molecule has 0 spiro atoms. The van der Waals surface area contributed by atoms with Gasteiger partial charge in [0.1, 0.15) is 5.76 Å². The van der Waals surface area contributed by atoms with Gasteiger partial charge in [0.2, 0.25) is 5.89 Å². The summed E-state index contributed by atoms with van der Waals surface area (Å²) in [6.45, 7) is 5.63. The number of nitrogen functional groups attached to an aromatic ring is 1. The van der Waals surface area contributed by atoms with Crippen molar-refractivity contribution in [3.63, 3.8) is 0 Å². The summed E-state index contributed by atoms with van der Waals surface area (Å²) in [5.41, 5.74) is 7.73. The fraction of sp³-hybridized carbons (Fsp3) is 0.364. The van der Waals surface area contributed by atoms with Crippen molar-refractivity contribution in [1.82, 2.24) is 20.5 Å². The lowest BCUT2D eigenvalue weighted by Crippen LogP contribution is -2.24. The lowest BCUT2D eigenvalue weighted by molar-refractivity contribution is 0.0943. The van der Waals surface area contributed by atoms with Crippen molar-refractivity contribution < 1.29 is 9.21 Å². The van der Waals surface area contributed by atoms with Gasteiger partial charge in [0.15, 0.2) is 5.69 Å². The minimum Gasteiger partial charge on any atom is -0.444 e. The van der Waals surface area contributed by atoms with Gasteiger partial charge in [0.05, 0.1) is 23.6 Å². The number of amides is 1. The Balaban J connectivity index is 2.02. The van der Waals surface area contributed by atoms with Crippen LogP contribution >= 0.6 is 0 Å². The molecule has 2 aromatic heterocycles. The van der Waals surface area contributed by atoms with Crippen LogP contribution in [0.5, 0.6) is 0 Å². The molecule has 7 nitrogen and oxygen atoms in total. The third-order valence-electron chi connectivity index (χ3n) is 2.68. The second-order valence-electron chi connectivity index (χ2n) is 4.04. The molecule has 0 unspecified atom stereocenters. The minimum atomic E-state index is -0.356. The van der Waals surface area contributed by atoms with Gasteiger partial charge < -0.3 is 15.5 Å². The van der Waals surface area contributed by atoms with Crippen LogP contribution in [0.3, 0.4) is 0 Å². The molecule has 0 aliphatic carbocycles. The van der Waals surface area contributed by atoms with E-state index in [0.717, 1.165) is 11.5 Å². The van der Waals surface area contributed by atoms with Crippen LogP contribution in [-0.2, 0) is 6.54 Å². The molecular formula is C11H15N5O2. The molecule has 2 heterocycles. The van der Waals surface area contributed by atoms with E-state index in [1.165, 1.54) is 0 Å². The third-order valence-corrected chi connectivity index (χ3v) is 2.68. The maximum atomic E-state index is 11.8. The summed E-state index contributed by atoms with van der Waals surface area (Å²) in [7, 11) is 0. The average molecular weight is 249 g/mol. The van der Waals surface area contributed by atoms with Crippen LogP contribution in [0.2, 0.25) is 0 Å². The zero-order valence-electron chi connectivity index (χ0n) is 10.5. The molecule has 96 valence electrons. The number of oxazole rings is 1. The SMILES string of the molecule is Cc1nc(CNC(=O)c2n[nH]c(C)c2N)oc1C. The molecule has 0 aliphatic heterocycles. The highest BCUT2D eigenvalue weighted by Gasteiger charge is 2.16. The maximum absolute atomic E-state index is 11.8. The number of aromatic amines is 1. The first kappa shape index (κ1) is 12.2. The number of aryl methyl sites for hydroxylation is 3. The van der Waals surface area contributed by atoms with Gasteiger partial charge in [0.25, 0.3) is 5.91 Å². The van der Waals surface area contributed by atoms with Crippen LogP contribution in [-0.4, -0.2) is 21.1 Å². The minimum absolute atomic E-state index is 0.188. The summed E-state index contributed by atoms with van der Waals surface area (Å²) in [5, 5.41) is 9.14. The number of carbonyl (C=O) groups excluding carboxylic acids is 1. The largest absolute Gasteiger partial charge is 0.444 e. The van der Waals surface area contributed by atoms with E-state index in [1.54, 1.807) is 6.92 Å². The molecule has 0 atom stereocenters. The van der Waals surface area contributed by atoms with Gasteiger partial charge >= 0.3 is 0 Å². The molecule has 0 saturated heterocycles. The lowest BCUT2D eigenvalue weighted by Gasteiger charge is -2.00. The molecule has 2 rings (SSSR count). The van der Waals surface area contributed by atoms with Crippen LogP contribution in [0, 0.1) is 20.8 Å². The van der Waals surface area contributed by atoms with Crippen LogP contribution in [0.4, 0.5) is 5.69 Å². The normalized spacial score (nSPS) is 10.6. The number of nitrogens with one attached hydrogen (secondary N) is 2. The molecule has 4 N–H and O–H groups in total. The first-order chi connectivity index (χ1) is 8.49. The molecule has 2 aromatic rings. The van der Waals surface area contributed by atoms with Gasteiger partial charge in [-0.25, -0.2) is 4.98 Å². The summed E-state index contributed by atoms with van der Waals surface area (Å²) in [6.07, 6.45) is 0. The topological polar surface area (TPSA) is 110 Å². The van der Waals surface area contributed by atoms with Gasteiger partial charge in [-0.1, -0.05) is 0 Å². The Bertz CT molecular complexity index is 565. The zero-order valence-corrected chi connectivity index (χ0v) is 10.5. The maximum Gasteiger partial charge on any atom is 0.274 e. The lowest BCUT2D eigenvalue weighted by atomic mass is 10.3. The Kier molecular flexibility index (Phi) is 3.05. The first-order valence-electron chi connectivity index (χ1n) is 5.50. The number of hydrogen-bond donors (Lipinski definition) is 3. The molecule has 0 fully saturated rings. The van der Waals surface area contributed by atoms with Crippen molar-refractivity contribution in [2.24, 2.45) is 0 Å². The van der Waals surface area contributed by atoms with Crippen LogP contribution in [0.15, 0.2) is 4.42 Å². The molecule has 0 aromatic carbocycles. The molecule has 0 bridgehead atoms. The smallest absolute Gasteiger partial charge is 0.274 e. The fourth-order valence-electron chi connectivity index (χ4n) is 1.47. The number of hydrogen-bond acceptors (Lipinski definition) is 5. The second-order valence-corrected chi connectivity index (χ2v) is 4.04. The van der Waals surface area contributed by atoms with Crippen LogP contribution < -0.4 is 11.1 Å². The summed E-state index contributed by atoms with van der Waals surface area (Å²) in [4.78, 5) is 16.0. The Hall–Kier alpha value is -2.31. The molecule has 18 heavy (non-hydrogen) atoms. The van der Waals surface area contributed by atoms with E-state index in [2.05, 4.69) is 20.5 Å². The van der Waals surface area contributed by atoms with Gasteiger partial charge in [-0.3, -0.25) is 9.89 Å². The number of nitrogens with zero attached hydrogens (tertiary/aromatic N) is 2. The van der Waals surface area contributed by atoms with Crippen molar-refractivity contribution >= 4 is 11.6 Å². The number of nitrogens with two attached hydrogens (primary N) is 1. The zero-order chi connectivity index (χ0) is 13.3. The third kappa shape index (κ3) is 2.20. The van der Waals surface area contributed by atoms with Gasteiger partial charge in [0, 0.05) is 0 Å². The number of carbonyl (C=O) groups is 1. The van der Waals surface area contributed by atoms with Crippen molar-refractivity contribution in [3.05, 3.63) is 28.7 Å². The number of H-pyrrole nitrogens is 1. The van der Waals surface area contributed by atoms with E-state index in [0.29, 0.717) is 17.3 Å². The van der Waals surface area contributed by atoms with Crippen LogP contribution in [0.1, 0.15) is 33.5 Å². The van der Waals surface area contributed by atoms with E-state index >= 15 is 0 Å². The summed E-state index contributed by atoms with van der Waals surface area (Å²) < 4.78 is 5.35. The first-order valence-corrected chi connectivity index (χ1v) is 5.50. The summed E-state index contributed by atoms with van der Waals surface area (Å²) in [6, 6.07) is 0. The van der Waals surface area contributed by atoms with E-state index in [4.69, 9.17) is 10.2 Å². The molecule has 0 aliphatic rings. The highest BCUT2D eigenvalue weighted by molar-refractivity contribution is 5.97. The number of anilines is 1. The van der Waals surface area contributed by atoms with Gasteiger partial charge in [-0.05, 0) is 20.8 Å². The molecule has 0 radical (unpaired) electrons. The van der Waals surface area contributed by atoms with Crippen molar-refractivity contribution in [2.45, 2.75) is 27.3 Å². The number of aromatic nitrogens is 3. The number of rotatable bonds is 3. The molecule has 1 amide bonds. The van der Waals surface area contributed by atoms with Crippen molar-refractivity contribution in [2.75, 3.05) is 5.73 Å². The van der Waals surface area contributed by atoms with E-state index in [9.17, 15) is 4.79 Å². The Morgan fingerprint density at radius 2 is 2.17 bits per heavy atom. The highest BCUT2D eigenvalue weighted by Crippen LogP contribution is 2.12. The summed E-state index contributed by atoms with van der Waals surface area (Å²) >= 11 is 0. The standard InChI is InChI=1S/C11H15N5O2/c1-5-7(3)18-8(14-5)4-13-11(17)10-9(12)6(2)15-16-10/h4,12H2,1-3H3,(H,13,17)(H,15,16). The van der Waals surface area contributed by atoms with Gasteiger partial charge in [-0.2, -0.15) is 5.10 Å². The summed E-state index contributed by atoms with van der Waals surface area (Å²) in [5.74, 6) is 0.851. The quantitative estimate of drug-likeness (QED) is 0.746.